The zero-order valence-corrected chi connectivity index (χ0v) is 12.0. The second-order valence-corrected chi connectivity index (χ2v) is 4.77. The van der Waals surface area contributed by atoms with E-state index in [0.29, 0.717) is 6.61 Å². The number of pyridine rings is 1. The molecule has 21 heavy (non-hydrogen) atoms. The molecule has 0 bridgehead atoms. The number of rotatable bonds is 6. The van der Waals surface area contributed by atoms with Crippen LogP contribution in [-0.4, -0.2) is 35.0 Å². The van der Waals surface area contributed by atoms with Crippen LogP contribution in [0.4, 0.5) is 0 Å². The molecule has 0 amide bonds. The summed E-state index contributed by atoms with van der Waals surface area (Å²) in [7, 11) is 1.70. The summed E-state index contributed by atoms with van der Waals surface area (Å²) in [6.45, 7) is 2.26. The Morgan fingerprint density at radius 2 is 2.14 bits per heavy atom. The molecule has 0 unspecified atom stereocenters. The molecular formula is C16H18N4O. The number of nitrogens with one attached hydrogen (secondary N) is 1. The molecule has 0 radical (unpaired) electrons. The van der Waals surface area contributed by atoms with Crippen LogP contribution in [0.3, 0.4) is 0 Å². The van der Waals surface area contributed by atoms with E-state index >= 15 is 0 Å². The van der Waals surface area contributed by atoms with Crippen LogP contribution in [0.25, 0.3) is 16.6 Å². The maximum absolute atomic E-state index is 5.01. The Balaban J connectivity index is 1.81. The minimum atomic E-state index is 0.704. The second kappa shape index (κ2) is 6.47. The Kier molecular flexibility index (Phi) is 4.23. The van der Waals surface area contributed by atoms with Gasteiger partial charge in [-0.15, -0.1) is 0 Å². The minimum Gasteiger partial charge on any atom is -0.383 e. The highest BCUT2D eigenvalue weighted by Crippen LogP contribution is 2.19. The lowest BCUT2D eigenvalue weighted by Crippen LogP contribution is -2.18. The molecule has 5 nitrogen and oxygen atoms in total. The van der Waals surface area contributed by atoms with Crippen LogP contribution < -0.4 is 5.32 Å². The Labute approximate surface area is 123 Å². The summed E-state index contributed by atoms with van der Waals surface area (Å²) >= 11 is 0. The van der Waals surface area contributed by atoms with Gasteiger partial charge < -0.3 is 10.1 Å². The molecule has 2 aromatic heterocycles. The molecule has 0 saturated carbocycles. The van der Waals surface area contributed by atoms with Crippen LogP contribution in [0.1, 0.15) is 5.69 Å². The Bertz CT molecular complexity index is 718. The van der Waals surface area contributed by atoms with E-state index in [0.717, 1.165) is 35.4 Å². The molecular weight excluding hydrogens is 264 g/mol. The molecule has 2 heterocycles. The fraction of sp³-hybridized carbons (Fsp3) is 0.250. The monoisotopic (exact) mass is 282 g/mol. The number of aromatic nitrogens is 3. The van der Waals surface area contributed by atoms with Crippen molar-refractivity contribution in [2.45, 2.75) is 6.54 Å². The van der Waals surface area contributed by atoms with Crippen molar-refractivity contribution in [3.8, 4) is 5.69 Å². The van der Waals surface area contributed by atoms with Crippen molar-refractivity contribution in [3.05, 3.63) is 54.5 Å². The third-order valence-electron chi connectivity index (χ3n) is 3.30. The average molecular weight is 282 g/mol. The fourth-order valence-corrected chi connectivity index (χ4v) is 2.27. The predicted molar refractivity (Wildman–Crippen MR) is 82.4 cm³/mol. The smallest absolute Gasteiger partial charge is 0.0766 e. The summed E-state index contributed by atoms with van der Waals surface area (Å²) < 4.78 is 6.91. The molecule has 108 valence electrons. The van der Waals surface area contributed by atoms with E-state index in [-0.39, 0.29) is 0 Å². The Morgan fingerprint density at radius 1 is 1.19 bits per heavy atom. The van der Waals surface area contributed by atoms with Crippen LogP contribution >= 0.6 is 0 Å². The average Bonchev–Trinajstić information content (AvgIpc) is 3.00. The van der Waals surface area contributed by atoms with E-state index in [9.17, 15) is 0 Å². The van der Waals surface area contributed by atoms with E-state index < -0.39 is 0 Å². The summed E-state index contributed by atoms with van der Waals surface area (Å²) in [6.07, 6.45) is 3.79. The molecule has 5 heteroatoms. The van der Waals surface area contributed by atoms with Crippen LogP contribution in [0.2, 0.25) is 0 Å². The summed E-state index contributed by atoms with van der Waals surface area (Å²) in [5.41, 5.74) is 3.03. The van der Waals surface area contributed by atoms with Crippen molar-refractivity contribution in [2.24, 2.45) is 0 Å². The largest absolute Gasteiger partial charge is 0.383 e. The van der Waals surface area contributed by atoms with Crippen LogP contribution in [0, 0.1) is 0 Å². The maximum atomic E-state index is 5.01. The van der Waals surface area contributed by atoms with Gasteiger partial charge in [-0.25, -0.2) is 4.68 Å². The van der Waals surface area contributed by atoms with Gasteiger partial charge in [0.05, 0.1) is 23.5 Å². The van der Waals surface area contributed by atoms with Gasteiger partial charge in [-0.3, -0.25) is 4.98 Å². The summed E-state index contributed by atoms with van der Waals surface area (Å²) in [4.78, 5) is 4.38. The van der Waals surface area contributed by atoms with E-state index in [1.807, 2.05) is 35.1 Å². The molecule has 3 rings (SSSR count). The molecule has 0 saturated heterocycles. The first-order valence-corrected chi connectivity index (χ1v) is 6.97. The number of hydrogen-bond donors (Lipinski definition) is 1. The van der Waals surface area contributed by atoms with Gasteiger partial charge in [-0.05, 0) is 30.3 Å². The number of benzene rings is 1. The quantitative estimate of drug-likeness (QED) is 0.704. The van der Waals surface area contributed by atoms with E-state index in [4.69, 9.17) is 4.74 Å². The predicted octanol–water partition coefficient (Wildman–Crippen LogP) is 2.16. The Morgan fingerprint density at radius 3 is 3.05 bits per heavy atom. The van der Waals surface area contributed by atoms with Gasteiger partial charge in [0.1, 0.15) is 0 Å². The molecule has 3 aromatic rings. The second-order valence-electron chi connectivity index (χ2n) is 4.77. The normalized spacial score (nSPS) is 11.1. The Hall–Kier alpha value is -2.24. The number of fused-ring (bicyclic) bond motifs is 1. The summed E-state index contributed by atoms with van der Waals surface area (Å²) in [5, 5.41) is 9.00. The van der Waals surface area contributed by atoms with E-state index in [1.54, 1.807) is 13.3 Å². The molecule has 0 atom stereocenters. The lowest BCUT2D eigenvalue weighted by Gasteiger charge is -2.06. The first kappa shape index (κ1) is 13.7. The van der Waals surface area contributed by atoms with E-state index in [2.05, 4.69) is 27.5 Å². The molecule has 0 aliphatic carbocycles. The van der Waals surface area contributed by atoms with Crippen molar-refractivity contribution in [1.82, 2.24) is 20.1 Å². The topological polar surface area (TPSA) is 52.0 Å². The number of hydrogen-bond acceptors (Lipinski definition) is 4. The zero-order chi connectivity index (χ0) is 14.5. The standard InChI is InChI=1S/C16H18N4O/c1-21-11-9-17-12-13-7-10-20(19-13)16-6-2-5-15-14(16)4-3-8-18-15/h2-8,10,17H,9,11-12H2,1H3. The zero-order valence-electron chi connectivity index (χ0n) is 12.0. The molecule has 0 spiro atoms. The highest BCUT2D eigenvalue weighted by atomic mass is 16.5. The highest BCUT2D eigenvalue weighted by Gasteiger charge is 2.05. The third-order valence-corrected chi connectivity index (χ3v) is 3.30. The van der Waals surface area contributed by atoms with Gasteiger partial charge in [-0.2, -0.15) is 5.10 Å². The molecule has 0 fully saturated rings. The van der Waals surface area contributed by atoms with Crippen LogP contribution in [-0.2, 0) is 11.3 Å². The first-order valence-electron chi connectivity index (χ1n) is 6.97. The van der Waals surface area contributed by atoms with Gasteiger partial charge >= 0.3 is 0 Å². The minimum absolute atomic E-state index is 0.704. The van der Waals surface area contributed by atoms with Gasteiger partial charge in [0.15, 0.2) is 0 Å². The summed E-state index contributed by atoms with van der Waals surface area (Å²) in [5.74, 6) is 0. The SMILES string of the molecule is COCCNCc1ccn(-c2cccc3ncccc23)n1. The van der Waals surface area contributed by atoms with Crippen molar-refractivity contribution in [2.75, 3.05) is 20.3 Å². The molecule has 1 aromatic carbocycles. The number of ether oxygens (including phenoxy) is 1. The van der Waals surface area contributed by atoms with E-state index in [1.165, 1.54) is 0 Å². The first-order chi connectivity index (χ1) is 10.4. The fourth-order valence-electron chi connectivity index (χ4n) is 2.27. The number of methoxy groups -OCH3 is 1. The highest BCUT2D eigenvalue weighted by molar-refractivity contribution is 5.86. The lowest BCUT2D eigenvalue weighted by atomic mass is 10.2. The number of nitrogens with zero attached hydrogens (tertiary/aromatic N) is 3. The lowest BCUT2D eigenvalue weighted by molar-refractivity contribution is 0.199. The van der Waals surface area contributed by atoms with Gasteiger partial charge in [0.25, 0.3) is 0 Å². The third kappa shape index (κ3) is 3.09. The molecule has 0 aliphatic rings. The molecule has 0 aliphatic heterocycles. The van der Waals surface area contributed by atoms with Crippen molar-refractivity contribution in [3.63, 3.8) is 0 Å². The molecule has 1 N–H and O–H groups in total. The van der Waals surface area contributed by atoms with Gasteiger partial charge in [0, 0.05) is 38.0 Å². The van der Waals surface area contributed by atoms with Crippen molar-refractivity contribution < 1.29 is 4.74 Å². The van der Waals surface area contributed by atoms with Crippen LogP contribution in [0.15, 0.2) is 48.8 Å². The van der Waals surface area contributed by atoms with Gasteiger partial charge in [-0.1, -0.05) is 6.07 Å². The van der Waals surface area contributed by atoms with Crippen molar-refractivity contribution in [1.29, 1.82) is 0 Å². The van der Waals surface area contributed by atoms with Gasteiger partial charge in [0.2, 0.25) is 0 Å². The van der Waals surface area contributed by atoms with Crippen LogP contribution in [0.5, 0.6) is 0 Å². The summed E-state index contributed by atoms with van der Waals surface area (Å²) in [6, 6.07) is 12.1. The van der Waals surface area contributed by atoms with Crippen molar-refractivity contribution >= 4 is 10.9 Å². The maximum Gasteiger partial charge on any atom is 0.0766 e.